The number of nitrogens with two attached hydrogens (primary N) is 1. The summed E-state index contributed by atoms with van der Waals surface area (Å²) in [5.74, 6) is 0.0505. The van der Waals surface area contributed by atoms with E-state index in [9.17, 15) is 9.90 Å². The molecule has 4 N–H and O–H groups in total. The first-order chi connectivity index (χ1) is 9.06. The number of primary amides is 1. The first kappa shape index (κ1) is 13.5. The summed E-state index contributed by atoms with van der Waals surface area (Å²) in [4.78, 5) is 19.6. The number of amides is 1. The van der Waals surface area contributed by atoms with Crippen LogP contribution in [0.3, 0.4) is 0 Å². The lowest BCUT2D eigenvalue weighted by Gasteiger charge is -1.97. The van der Waals surface area contributed by atoms with Crippen LogP contribution in [-0.2, 0) is 0 Å². The van der Waals surface area contributed by atoms with Crippen LogP contribution >= 0.6 is 11.8 Å². The first-order valence-electron chi connectivity index (χ1n) is 5.83. The molecule has 6 heteroatoms. The van der Waals surface area contributed by atoms with Gasteiger partial charge in [-0.3, -0.25) is 4.79 Å². The Morgan fingerprint density at radius 1 is 1.58 bits per heavy atom. The molecule has 2 aromatic rings. The molecule has 5 nitrogen and oxygen atoms in total. The smallest absolute Gasteiger partial charge is 0.248 e. The number of H-pyrrole nitrogens is 1. The number of rotatable bonds is 4. The highest BCUT2D eigenvalue weighted by atomic mass is 32.2. The summed E-state index contributed by atoms with van der Waals surface area (Å²) in [6.07, 6.45) is 4.91. The molecule has 0 fully saturated rings. The molecule has 0 aliphatic carbocycles. The maximum atomic E-state index is 11.2. The fraction of sp³-hybridized carbons (Fsp3) is 0.231. The number of benzene rings is 1. The van der Waals surface area contributed by atoms with Crippen LogP contribution in [0.2, 0.25) is 0 Å². The van der Waals surface area contributed by atoms with Crippen molar-refractivity contribution in [2.75, 3.05) is 6.26 Å². The van der Waals surface area contributed by atoms with Gasteiger partial charge in [0.15, 0.2) is 0 Å². The lowest BCUT2D eigenvalue weighted by molar-refractivity contribution is 0.1000. The van der Waals surface area contributed by atoms with Crippen LogP contribution < -0.4 is 5.73 Å². The molecule has 0 bridgehead atoms. The lowest BCUT2D eigenvalue weighted by atomic mass is 10.2. The zero-order valence-corrected chi connectivity index (χ0v) is 11.5. The van der Waals surface area contributed by atoms with E-state index in [4.69, 9.17) is 5.73 Å². The third kappa shape index (κ3) is 2.58. The number of allylic oxidation sites excluding steroid dienone is 1. The Morgan fingerprint density at radius 3 is 2.89 bits per heavy atom. The second-order valence-corrected chi connectivity index (χ2v) is 4.87. The highest BCUT2D eigenvalue weighted by molar-refractivity contribution is 8.07. The number of hydrogen-bond acceptors (Lipinski definition) is 4. The van der Waals surface area contributed by atoms with E-state index in [-0.39, 0.29) is 11.3 Å². The molecule has 1 aromatic heterocycles. The average Bonchev–Trinajstić information content (AvgIpc) is 2.80. The third-order valence-corrected chi connectivity index (χ3v) is 3.49. The minimum absolute atomic E-state index is 0.0502. The maximum absolute atomic E-state index is 11.2. The molecule has 0 atom stereocenters. The normalized spacial score (nSPS) is 12.0. The number of hydrogen-bond donors (Lipinski definition) is 3. The molecule has 100 valence electrons. The van der Waals surface area contributed by atoms with Crippen LogP contribution in [0.25, 0.3) is 15.9 Å². The predicted molar refractivity (Wildman–Crippen MR) is 78.1 cm³/mol. The molecule has 0 spiro atoms. The Bertz CT molecular complexity index is 661. The summed E-state index contributed by atoms with van der Waals surface area (Å²) in [5.41, 5.74) is 6.51. The fourth-order valence-electron chi connectivity index (χ4n) is 1.82. The average molecular weight is 277 g/mol. The summed E-state index contributed by atoms with van der Waals surface area (Å²) >= 11 is 1.57. The van der Waals surface area contributed by atoms with Crippen LogP contribution in [-0.4, -0.2) is 27.2 Å². The Labute approximate surface area is 114 Å². The number of thioether (sulfide) groups is 1. The summed E-state index contributed by atoms with van der Waals surface area (Å²) in [6, 6.07) is 2.93. The Morgan fingerprint density at radius 2 is 2.32 bits per heavy atom. The molecule has 0 unspecified atom stereocenters. The van der Waals surface area contributed by atoms with Crippen molar-refractivity contribution in [1.29, 1.82) is 0 Å². The fourth-order valence-corrected chi connectivity index (χ4v) is 2.44. The van der Waals surface area contributed by atoms with Gasteiger partial charge in [0, 0.05) is 10.5 Å². The topological polar surface area (TPSA) is 92.0 Å². The SMILES string of the molecule is CC/C=C(\SC)c1nc2c(O)cc(C(N)=O)cc2[nH]1. The van der Waals surface area contributed by atoms with Gasteiger partial charge in [-0.1, -0.05) is 13.0 Å². The van der Waals surface area contributed by atoms with E-state index in [1.54, 1.807) is 17.8 Å². The van der Waals surface area contributed by atoms with E-state index in [0.29, 0.717) is 16.9 Å². The van der Waals surface area contributed by atoms with Gasteiger partial charge >= 0.3 is 0 Å². The van der Waals surface area contributed by atoms with E-state index in [1.165, 1.54) is 6.07 Å². The van der Waals surface area contributed by atoms with Gasteiger partial charge < -0.3 is 15.8 Å². The highest BCUT2D eigenvalue weighted by Gasteiger charge is 2.13. The number of fused-ring (bicyclic) bond motifs is 1. The van der Waals surface area contributed by atoms with Gasteiger partial charge in [-0.25, -0.2) is 4.98 Å². The van der Waals surface area contributed by atoms with Crippen LogP contribution in [0.15, 0.2) is 18.2 Å². The minimum atomic E-state index is -0.581. The van der Waals surface area contributed by atoms with Gasteiger partial charge in [-0.2, -0.15) is 0 Å². The second-order valence-electron chi connectivity index (χ2n) is 4.02. The lowest BCUT2D eigenvalue weighted by Crippen LogP contribution is -2.10. The van der Waals surface area contributed by atoms with Crippen molar-refractivity contribution in [3.8, 4) is 5.75 Å². The molecule has 1 aromatic carbocycles. The molecule has 0 saturated heterocycles. The standard InChI is InChI=1S/C13H15N3O2S/c1-3-4-10(19-2)13-15-8-5-7(12(14)18)6-9(17)11(8)16-13/h4-6,17H,3H2,1-2H3,(H2,14,18)(H,15,16)/b10-4-. The van der Waals surface area contributed by atoms with Crippen molar-refractivity contribution in [2.24, 2.45) is 5.73 Å². The Hall–Kier alpha value is -1.95. The van der Waals surface area contributed by atoms with Crippen molar-refractivity contribution in [3.63, 3.8) is 0 Å². The summed E-state index contributed by atoms with van der Waals surface area (Å²) in [5, 5.41) is 9.88. The maximum Gasteiger partial charge on any atom is 0.248 e. The predicted octanol–water partition coefficient (Wildman–Crippen LogP) is 2.48. The van der Waals surface area contributed by atoms with Crippen molar-refractivity contribution in [1.82, 2.24) is 9.97 Å². The molecule has 0 saturated carbocycles. The number of phenols is 1. The largest absolute Gasteiger partial charge is 0.506 e. The van der Waals surface area contributed by atoms with E-state index < -0.39 is 5.91 Å². The summed E-state index contributed by atoms with van der Waals surface area (Å²) in [6.45, 7) is 2.04. The number of aromatic hydroxyl groups is 1. The second kappa shape index (κ2) is 5.36. The van der Waals surface area contributed by atoms with Crippen molar-refractivity contribution in [2.45, 2.75) is 13.3 Å². The minimum Gasteiger partial charge on any atom is -0.506 e. The third-order valence-electron chi connectivity index (χ3n) is 2.69. The monoisotopic (exact) mass is 277 g/mol. The van der Waals surface area contributed by atoms with Gasteiger partial charge in [0.2, 0.25) is 5.91 Å². The van der Waals surface area contributed by atoms with Crippen molar-refractivity contribution >= 4 is 33.6 Å². The molecule has 1 amide bonds. The van der Waals surface area contributed by atoms with Gasteiger partial charge in [0.1, 0.15) is 17.1 Å². The van der Waals surface area contributed by atoms with Crippen molar-refractivity contribution in [3.05, 3.63) is 29.6 Å². The van der Waals surface area contributed by atoms with E-state index in [0.717, 1.165) is 11.3 Å². The molecule has 0 radical (unpaired) electrons. The van der Waals surface area contributed by atoms with E-state index >= 15 is 0 Å². The van der Waals surface area contributed by atoms with E-state index in [1.807, 2.05) is 13.2 Å². The number of imidazole rings is 1. The van der Waals surface area contributed by atoms with Gasteiger partial charge in [0.25, 0.3) is 0 Å². The summed E-state index contributed by atoms with van der Waals surface area (Å²) < 4.78 is 0. The number of phenolic OH excluding ortho intramolecular Hbond substituents is 1. The van der Waals surface area contributed by atoms with Crippen molar-refractivity contribution < 1.29 is 9.90 Å². The van der Waals surface area contributed by atoms with Gasteiger partial charge in [-0.15, -0.1) is 11.8 Å². The zero-order valence-electron chi connectivity index (χ0n) is 10.7. The number of aromatic amines is 1. The summed E-state index contributed by atoms with van der Waals surface area (Å²) in [7, 11) is 0. The number of nitrogens with one attached hydrogen (secondary N) is 1. The number of aromatic nitrogens is 2. The van der Waals surface area contributed by atoms with Crippen LogP contribution in [0.5, 0.6) is 5.75 Å². The van der Waals surface area contributed by atoms with Crippen LogP contribution in [0.4, 0.5) is 0 Å². The first-order valence-corrected chi connectivity index (χ1v) is 7.06. The molecular weight excluding hydrogens is 262 g/mol. The molecule has 0 aliphatic rings. The van der Waals surface area contributed by atoms with Gasteiger partial charge in [0.05, 0.1) is 5.52 Å². The molecule has 1 heterocycles. The number of carbonyl (C=O) groups excluding carboxylic acids is 1. The molecular formula is C13H15N3O2S. The van der Waals surface area contributed by atoms with E-state index in [2.05, 4.69) is 16.0 Å². The Kier molecular flexibility index (Phi) is 3.80. The van der Waals surface area contributed by atoms with Crippen LogP contribution in [0.1, 0.15) is 29.5 Å². The zero-order chi connectivity index (χ0) is 14.0. The van der Waals surface area contributed by atoms with Crippen LogP contribution in [0, 0.1) is 0 Å². The number of nitrogens with zero attached hydrogens (tertiary/aromatic N) is 1. The van der Waals surface area contributed by atoms with Gasteiger partial charge in [-0.05, 0) is 24.8 Å². The molecule has 0 aliphatic heterocycles. The number of carbonyl (C=O) groups is 1. The molecule has 2 rings (SSSR count). The Balaban J connectivity index is 2.60. The quantitative estimate of drug-likeness (QED) is 0.800. The highest BCUT2D eigenvalue weighted by Crippen LogP contribution is 2.30. The molecule has 19 heavy (non-hydrogen) atoms.